The Morgan fingerprint density at radius 2 is 2.47 bits per heavy atom. The molecule has 0 aromatic carbocycles. The van der Waals surface area contributed by atoms with E-state index in [9.17, 15) is 5.11 Å². The molecule has 1 N–H and O–H groups in total. The van der Waals surface area contributed by atoms with E-state index in [1.165, 1.54) is 6.26 Å². The van der Waals surface area contributed by atoms with Crippen LogP contribution in [0.1, 0.15) is 24.3 Å². The lowest BCUT2D eigenvalue weighted by atomic mass is 10.1. The molecule has 0 aliphatic carbocycles. The van der Waals surface area contributed by atoms with Crippen LogP contribution >= 0.6 is 15.9 Å². The molecule has 0 saturated heterocycles. The Kier molecular flexibility index (Phi) is 2.93. The molecule has 1 unspecified atom stereocenters. The summed E-state index contributed by atoms with van der Waals surface area (Å²) in [5, 5.41) is 14.3. The predicted molar refractivity (Wildman–Crippen MR) is 58.4 cm³/mol. The largest absolute Gasteiger partial charge is 0.472 e. The quantitative estimate of drug-likeness (QED) is 0.932. The van der Waals surface area contributed by atoms with Gasteiger partial charge in [0.2, 0.25) is 0 Å². The standard InChI is InChI=1S/C10H11BrN2O2/c1-2-13-9(8(11)5-12-13)10(14)7-3-4-15-6-7/h3-6,10,14H,2H2,1H3. The van der Waals surface area contributed by atoms with Gasteiger partial charge >= 0.3 is 0 Å². The summed E-state index contributed by atoms with van der Waals surface area (Å²) in [6.07, 6.45) is 4.05. The summed E-state index contributed by atoms with van der Waals surface area (Å²) in [6.45, 7) is 2.70. The van der Waals surface area contributed by atoms with E-state index < -0.39 is 6.10 Å². The molecule has 2 aromatic heterocycles. The molecular formula is C10H11BrN2O2. The maximum absolute atomic E-state index is 10.1. The average Bonchev–Trinajstić information content (AvgIpc) is 2.85. The van der Waals surface area contributed by atoms with Gasteiger partial charge < -0.3 is 9.52 Å². The first kappa shape index (κ1) is 10.4. The van der Waals surface area contributed by atoms with Gasteiger partial charge in [0, 0.05) is 12.1 Å². The molecule has 0 aliphatic rings. The van der Waals surface area contributed by atoms with Gasteiger partial charge in [0.1, 0.15) is 6.10 Å². The van der Waals surface area contributed by atoms with Crippen molar-refractivity contribution < 1.29 is 9.52 Å². The van der Waals surface area contributed by atoms with Crippen molar-refractivity contribution >= 4 is 15.9 Å². The molecule has 2 heterocycles. The lowest BCUT2D eigenvalue weighted by Crippen LogP contribution is -2.08. The molecule has 0 aliphatic heterocycles. The fourth-order valence-electron chi connectivity index (χ4n) is 1.48. The van der Waals surface area contributed by atoms with Gasteiger partial charge in [-0.25, -0.2) is 0 Å². The summed E-state index contributed by atoms with van der Waals surface area (Å²) >= 11 is 3.37. The number of hydrogen-bond acceptors (Lipinski definition) is 3. The van der Waals surface area contributed by atoms with E-state index in [1.54, 1.807) is 23.2 Å². The van der Waals surface area contributed by atoms with Crippen LogP contribution in [0.15, 0.2) is 33.7 Å². The minimum Gasteiger partial charge on any atom is -0.472 e. The fraction of sp³-hybridized carbons (Fsp3) is 0.300. The first-order valence-corrected chi connectivity index (χ1v) is 5.44. The highest BCUT2D eigenvalue weighted by Gasteiger charge is 2.19. The van der Waals surface area contributed by atoms with Gasteiger partial charge in [0.05, 0.1) is 28.9 Å². The minimum absolute atomic E-state index is 0.708. The van der Waals surface area contributed by atoms with E-state index in [-0.39, 0.29) is 0 Å². The number of aryl methyl sites for hydroxylation is 1. The van der Waals surface area contributed by atoms with Crippen molar-refractivity contribution in [3.05, 3.63) is 40.5 Å². The SMILES string of the molecule is CCn1ncc(Br)c1C(O)c1ccoc1. The minimum atomic E-state index is -0.708. The Balaban J connectivity index is 2.40. The second kappa shape index (κ2) is 4.20. The normalized spacial score (nSPS) is 13.0. The Labute approximate surface area is 95.6 Å². The zero-order valence-electron chi connectivity index (χ0n) is 8.22. The van der Waals surface area contributed by atoms with Crippen molar-refractivity contribution in [2.45, 2.75) is 19.6 Å². The average molecular weight is 271 g/mol. The molecule has 80 valence electrons. The predicted octanol–water partition coefficient (Wildman–Crippen LogP) is 2.34. The van der Waals surface area contributed by atoms with Crippen LogP contribution in [0.3, 0.4) is 0 Å². The molecule has 0 saturated carbocycles. The van der Waals surface area contributed by atoms with E-state index >= 15 is 0 Å². The molecule has 2 aromatic rings. The van der Waals surface area contributed by atoms with E-state index in [0.717, 1.165) is 22.3 Å². The van der Waals surface area contributed by atoms with Gasteiger partial charge in [-0.2, -0.15) is 5.10 Å². The van der Waals surface area contributed by atoms with Crippen molar-refractivity contribution in [3.63, 3.8) is 0 Å². The van der Waals surface area contributed by atoms with Crippen LogP contribution in [0, 0.1) is 0 Å². The second-order valence-electron chi connectivity index (χ2n) is 3.15. The molecule has 0 bridgehead atoms. The van der Waals surface area contributed by atoms with Gasteiger partial charge in [0.15, 0.2) is 0 Å². The van der Waals surface area contributed by atoms with Crippen LogP contribution in [-0.4, -0.2) is 14.9 Å². The Hall–Kier alpha value is -1.07. The zero-order chi connectivity index (χ0) is 10.8. The van der Waals surface area contributed by atoms with Crippen LogP contribution < -0.4 is 0 Å². The fourth-order valence-corrected chi connectivity index (χ4v) is 2.00. The highest BCUT2D eigenvalue weighted by Crippen LogP contribution is 2.28. The van der Waals surface area contributed by atoms with Crippen LogP contribution in [0.4, 0.5) is 0 Å². The van der Waals surface area contributed by atoms with Crippen molar-refractivity contribution in [1.29, 1.82) is 0 Å². The molecule has 0 amide bonds. The summed E-state index contributed by atoms with van der Waals surface area (Å²) in [5.41, 5.74) is 1.48. The van der Waals surface area contributed by atoms with E-state index in [2.05, 4.69) is 21.0 Å². The third kappa shape index (κ3) is 1.85. The molecule has 5 heteroatoms. The molecule has 15 heavy (non-hydrogen) atoms. The molecule has 0 radical (unpaired) electrons. The zero-order valence-corrected chi connectivity index (χ0v) is 9.81. The molecule has 1 atom stereocenters. The van der Waals surface area contributed by atoms with Crippen molar-refractivity contribution in [1.82, 2.24) is 9.78 Å². The van der Waals surface area contributed by atoms with Crippen LogP contribution in [0.2, 0.25) is 0 Å². The van der Waals surface area contributed by atoms with Gasteiger partial charge in [-0.15, -0.1) is 0 Å². The van der Waals surface area contributed by atoms with Crippen molar-refractivity contribution in [3.8, 4) is 0 Å². The first-order chi connectivity index (χ1) is 7.24. The number of aliphatic hydroxyl groups is 1. The first-order valence-electron chi connectivity index (χ1n) is 4.65. The van der Waals surface area contributed by atoms with Gasteiger partial charge in [-0.1, -0.05) is 0 Å². The lowest BCUT2D eigenvalue weighted by molar-refractivity contribution is 0.206. The number of aliphatic hydroxyl groups excluding tert-OH is 1. The summed E-state index contributed by atoms with van der Waals surface area (Å²) < 4.78 is 7.50. The Bertz CT molecular complexity index is 436. The van der Waals surface area contributed by atoms with Crippen molar-refractivity contribution in [2.24, 2.45) is 0 Å². The summed E-state index contributed by atoms with van der Waals surface area (Å²) in [6, 6.07) is 1.74. The maximum atomic E-state index is 10.1. The van der Waals surface area contributed by atoms with E-state index in [1.807, 2.05) is 6.92 Å². The summed E-state index contributed by atoms with van der Waals surface area (Å²) in [4.78, 5) is 0. The number of rotatable bonds is 3. The summed E-state index contributed by atoms with van der Waals surface area (Å²) in [5.74, 6) is 0. The van der Waals surface area contributed by atoms with Crippen LogP contribution in [0.25, 0.3) is 0 Å². The third-order valence-electron chi connectivity index (χ3n) is 2.25. The Morgan fingerprint density at radius 1 is 1.67 bits per heavy atom. The topological polar surface area (TPSA) is 51.2 Å². The highest BCUT2D eigenvalue weighted by molar-refractivity contribution is 9.10. The third-order valence-corrected chi connectivity index (χ3v) is 2.86. The lowest BCUT2D eigenvalue weighted by Gasteiger charge is -2.11. The number of nitrogens with zero attached hydrogens (tertiary/aromatic N) is 2. The number of aromatic nitrogens is 2. The monoisotopic (exact) mass is 270 g/mol. The van der Waals surface area contributed by atoms with Crippen LogP contribution in [-0.2, 0) is 6.54 Å². The molecule has 2 rings (SSSR count). The van der Waals surface area contributed by atoms with E-state index in [0.29, 0.717) is 0 Å². The van der Waals surface area contributed by atoms with E-state index in [4.69, 9.17) is 4.42 Å². The van der Waals surface area contributed by atoms with Gasteiger partial charge in [-0.05, 0) is 28.9 Å². The second-order valence-corrected chi connectivity index (χ2v) is 4.01. The Morgan fingerprint density at radius 3 is 3.07 bits per heavy atom. The molecule has 4 nitrogen and oxygen atoms in total. The van der Waals surface area contributed by atoms with Crippen LogP contribution in [0.5, 0.6) is 0 Å². The number of halogens is 1. The molecular weight excluding hydrogens is 260 g/mol. The van der Waals surface area contributed by atoms with Gasteiger partial charge in [0.25, 0.3) is 0 Å². The maximum Gasteiger partial charge on any atom is 0.125 e. The molecule has 0 spiro atoms. The number of furan rings is 1. The molecule has 0 fully saturated rings. The summed E-state index contributed by atoms with van der Waals surface area (Å²) in [7, 11) is 0. The number of hydrogen-bond donors (Lipinski definition) is 1. The van der Waals surface area contributed by atoms with Gasteiger partial charge in [-0.3, -0.25) is 4.68 Å². The van der Waals surface area contributed by atoms with Crippen molar-refractivity contribution in [2.75, 3.05) is 0 Å². The smallest absolute Gasteiger partial charge is 0.125 e. The highest BCUT2D eigenvalue weighted by atomic mass is 79.9.